The number of anilines is 1. The molecule has 0 saturated carbocycles. The highest BCUT2D eigenvalue weighted by molar-refractivity contribution is 6.03. The maximum Gasteiger partial charge on any atom is 0.276 e. The lowest BCUT2D eigenvalue weighted by Gasteiger charge is -2.10. The predicted octanol–water partition coefficient (Wildman–Crippen LogP) is 3.78. The second-order valence-electron chi connectivity index (χ2n) is 6.38. The lowest BCUT2D eigenvalue weighted by atomic mass is 10.0. The quantitative estimate of drug-likeness (QED) is 0.772. The van der Waals surface area contributed by atoms with Crippen LogP contribution in [0.15, 0.2) is 54.9 Å². The Bertz CT molecular complexity index is 868. The average Bonchev–Trinajstić information content (AvgIpc) is 3.00. The van der Waals surface area contributed by atoms with E-state index in [4.69, 9.17) is 0 Å². The summed E-state index contributed by atoms with van der Waals surface area (Å²) in [5.74, 6) is 0.123. The number of pyridine rings is 1. The van der Waals surface area contributed by atoms with Crippen LogP contribution in [0.1, 0.15) is 47.1 Å². The highest BCUT2D eigenvalue weighted by atomic mass is 16.1. The van der Waals surface area contributed by atoms with Crippen molar-refractivity contribution in [2.45, 2.75) is 26.2 Å². The van der Waals surface area contributed by atoms with Crippen LogP contribution >= 0.6 is 0 Å². The molecule has 0 unspecified atom stereocenters. The SMILES string of the molecule is CC(C)c1cc(C(=O)Nc2ccccc2Cc2cccnc2)nn1C. The van der Waals surface area contributed by atoms with Gasteiger partial charge in [-0.05, 0) is 35.2 Å². The number of rotatable bonds is 5. The van der Waals surface area contributed by atoms with Crippen molar-refractivity contribution in [1.82, 2.24) is 14.8 Å². The van der Waals surface area contributed by atoms with Crippen LogP contribution in [0.3, 0.4) is 0 Å². The molecule has 2 heterocycles. The van der Waals surface area contributed by atoms with E-state index in [-0.39, 0.29) is 5.91 Å². The highest BCUT2D eigenvalue weighted by Gasteiger charge is 2.16. The fourth-order valence-corrected chi connectivity index (χ4v) is 2.84. The Labute approximate surface area is 147 Å². The Morgan fingerprint density at radius 1 is 1.20 bits per heavy atom. The zero-order chi connectivity index (χ0) is 17.8. The molecule has 0 fully saturated rings. The monoisotopic (exact) mass is 334 g/mol. The molecule has 3 aromatic rings. The number of nitrogens with zero attached hydrogens (tertiary/aromatic N) is 3. The standard InChI is InChI=1S/C20H22N4O/c1-14(2)19-12-18(23-24(19)3)20(25)22-17-9-5-4-8-16(17)11-15-7-6-10-21-13-15/h4-10,12-14H,11H2,1-3H3,(H,22,25). The van der Waals surface area contributed by atoms with Crippen molar-refractivity contribution in [2.24, 2.45) is 7.05 Å². The molecule has 3 rings (SSSR count). The van der Waals surface area contributed by atoms with Gasteiger partial charge in [-0.25, -0.2) is 0 Å². The maximum atomic E-state index is 12.6. The van der Waals surface area contributed by atoms with Crippen molar-refractivity contribution in [3.05, 3.63) is 77.4 Å². The number of benzene rings is 1. The number of hydrogen-bond acceptors (Lipinski definition) is 3. The lowest BCUT2D eigenvalue weighted by Crippen LogP contribution is -2.14. The van der Waals surface area contributed by atoms with E-state index in [1.807, 2.05) is 55.7 Å². The number of amides is 1. The van der Waals surface area contributed by atoms with Gasteiger partial charge in [-0.1, -0.05) is 38.1 Å². The summed E-state index contributed by atoms with van der Waals surface area (Å²) in [6.07, 6.45) is 4.31. The molecule has 0 aliphatic rings. The number of carbonyl (C=O) groups is 1. The second-order valence-corrected chi connectivity index (χ2v) is 6.38. The summed E-state index contributed by atoms with van der Waals surface area (Å²) in [6.45, 7) is 4.17. The lowest BCUT2D eigenvalue weighted by molar-refractivity contribution is 0.102. The molecule has 128 valence electrons. The van der Waals surface area contributed by atoms with Crippen LogP contribution in [-0.4, -0.2) is 20.7 Å². The van der Waals surface area contributed by atoms with Gasteiger partial charge in [0.25, 0.3) is 5.91 Å². The molecule has 0 radical (unpaired) electrons. The largest absolute Gasteiger partial charge is 0.320 e. The molecule has 2 aromatic heterocycles. The third-order valence-corrected chi connectivity index (χ3v) is 4.12. The molecule has 25 heavy (non-hydrogen) atoms. The number of carbonyl (C=O) groups excluding carboxylic acids is 1. The van der Waals surface area contributed by atoms with Gasteiger partial charge in [0.2, 0.25) is 0 Å². The minimum atomic E-state index is -0.193. The van der Waals surface area contributed by atoms with Crippen LogP contribution in [0, 0.1) is 0 Å². The zero-order valence-corrected chi connectivity index (χ0v) is 14.7. The van der Waals surface area contributed by atoms with Crippen LogP contribution in [0.25, 0.3) is 0 Å². The average molecular weight is 334 g/mol. The summed E-state index contributed by atoms with van der Waals surface area (Å²) in [5.41, 5.74) is 4.41. The fourth-order valence-electron chi connectivity index (χ4n) is 2.84. The van der Waals surface area contributed by atoms with Gasteiger partial charge in [0.1, 0.15) is 0 Å². The Kier molecular flexibility index (Phi) is 4.93. The molecule has 0 aliphatic heterocycles. The summed E-state index contributed by atoms with van der Waals surface area (Å²) >= 11 is 0. The molecule has 5 nitrogen and oxygen atoms in total. The maximum absolute atomic E-state index is 12.6. The first-order chi connectivity index (χ1) is 12.0. The fraction of sp³-hybridized carbons (Fsp3) is 0.250. The van der Waals surface area contributed by atoms with Crippen LogP contribution < -0.4 is 5.32 Å². The van der Waals surface area contributed by atoms with Crippen molar-refractivity contribution >= 4 is 11.6 Å². The Morgan fingerprint density at radius 3 is 2.68 bits per heavy atom. The first-order valence-corrected chi connectivity index (χ1v) is 8.36. The third-order valence-electron chi connectivity index (χ3n) is 4.12. The number of nitrogens with one attached hydrogen (secondary N) is 1. The van der Waals surface area contributed by atoms with Crippen LogP contribution in [0.2, 0.25) is 0 Å². The van der Waals surface area contributed by atoms with Gasteiger partial charge in [-0.2, -0.15) is 5.10 Å². The molecule has 5 heteroatoms. The van der Waals surface area contributed by atoms with Gasteiger partial charge in [0.15, 0.2) is 5.69 Å². The van der Waals surface area contributed by atoms with Gasteiger partial charge in [0.05, 0.1) is 0 Å². The highest BCUT2D eigenvalue weighted by Crippen LogP contribution is 2.20. The first-order valence-electron chi connectivity index (χ1n) is 8.36. The number of para-hydroxylation sites is 1. The molecule has 0 saturated heterocycles. The van der Waals surface area contributed by atoms with Crippen LogP contribution in [-0.2, 0) is 13.5 Å². The minimum Gasteiger partial charge on any atom is -0.320 e. The van der Waals surface area contributed by atoms with E-state index in [1.165, 1.54) is 0 Å². The van der Waals surface area contributed by atoms with Crippen molar-refractivity contribution in [2.75, 3.05) is 5.32 Å². The normalized spacial score (nSPS) is 10.9. The summed E-state index contributed by atoms with van der Waals surface area (Å²) in [6, 6.07) is 13.6. The molecule has 0 atom stereocenters. The number of aryl methyl sites for hydroxylation is 1. The number of hydrogen-bond donors (Lipinski definition) is 1. The van der Waals surface area contributed by atoms with E-state index in [2.05, 4.69) is 29.2 Å². The van der Waals surface area contributed by atoms with Gasteiger partial charge >= 0.3 is 0 Å². The minimum absolute atomic E-state index is 0.193. The van der Waals surface area contributed by atoms with Gasteiger partial charge < -0.3 is 5.32 Å². The molecule has 1 N–H and O–H groups in total. The van der Waals surface area contributed by atoms with Crippen LogP contribution in [0.5, 0.6) is 0 Å². The van der Waals surface area contributed by atoms with E-state index in [0.29, 0.717) is 18.0 Å². The molecule has 0 bridgehead atoms. The summed E-state index contributed by atoms with van der Waals surface area (Å²) in [7, 11) is 1.86. The molecular weight excluding hydrogens is 312 g/mol. The van der Waals surface area contributed by atoms with Crippen LogP contribution in [0.4, 0.5) is 5.69 Å². The van der Waals surface area contributed by atoms with E-state index in [1.54, 1.807) is 10.9 Å². The van der Waals surface area contributed by atoms with Gasteiger partial charge in [0, 0.05) is 37.2 Å². The molecule has 0 spiro atoms. The molecule has 0 aliphatic carbocycles. The summed E-state index contributed by atoms with van der Waals surface area (Å²) in [5, 5.41) is 7.33. The Hall–Kier alpha value is -2.95. The van der Waals surface area contributed by atoms with E-state index in [0.717, 1.165) is 22.5 Å². The van der Waals surface area contributed by atoms with Crippen molar-refractivity contribution in [1.29, 1.82) is 0 Å². The van der Waals surface area contributed by atoms with E-state index in [9.17, 15) is 4.79 Å². The number of aromatic nitrogens is 3. The molecule has 1 aromatic carbocycles. The smallest absolute Gasteiger partial charge is 0.276 e. The topological polar surface area (TPSA) is 59.8 Å². The zero-order valence-electron chi connectivity index (χ0n) is 14.7. The van der Waals surface area contributed by atoms with Crippen molar-refractivity contribution in [3.63, 3.8) is 0 Å². The van der Waals surface area contributed by atoms with E-state index >= 15 is 0 Å². The Morgan fingerprint density at radius 2 is 2.00 bits per heavy atom. The first kappa shape index (κ1) is 16.9. The predicted molar refractivity (Wildman–Crippen MR) is 98.7 cm³/mol. The summed E-state index contributed by atoms with van der Waals surface area (Å²) in [4.78, 5) is 16.8. The third kappa shape index (κ3) is 3.94. The van der Waals surface area contributed by atoms with E-state index < -0.39 is 0 Å². The Balaban J connectivity index is 1.81. The van der Waals surface area contributed by atoms with Gasteiger partial charge in [-0.15, -0.1) is 0 Å². The second kappa shape index (κ2) is 7.30. The molecule has 1 amide bonds. The summed E-state index contributed by atoms with van der Waals surface area (Å²) < 4.78 is 1.77. The van der Waals surface area contributed by atoms with Gasteiger partial charge in [-0.3, -0.25) is 14.5 Å². The van der Waals surface area contributed by atoms with Crippen molar-refractivity contribution in [3.8, 4) is 0 Å². The molecular formula is C20H22N4O. The van der Waals surface area contributed by atoms with Crippen molar-refractivity contribution < 1.29 is 4.79 Å².